The first-order valence-corrected chi connectivity index (χ1v) is 4.81. The van der Waals surface area contributed by atoms with Crippen molar-refractivity contribution in [2.45, 2.75) is 19.4 Å². The maximum absolute atomic E-state index is 5.54. The first kappa shape index (κ1) is 10.6. The Labute approximate surface area is 85.2 Å². The minimum atomic E-state index is 0.0905. The summed E-state index contributed by atoms with van der Waals surface area (Å²) in [4.78, 5) is 0. The van der Waals surface area contributed by atoms with Crippen LogP contribution in [0.3, 0.4) is 0 Å². The SMILES string of the molecule is C=COC(CC)COc1ccccc1. The molecule has 0 radical (unpaired) electrons. The Morgan fingerprint density at radius 3 is 2.64 bits per heavy atom. The van der Waals surface area contributed by atoms with E-state index in [1.54, 1.807) is 0 Å². The molecule has 1 unspecified atom stereocenters. The highest BCUT2D eigenvalue weighted by molar-refractivity contribution is 5.20. The molecule has 0 aliphatic carbocycles. The van der Waals surface area contributed by atoms with E-state index in [1.807, 2.05) is 30.3 Å². The average molecular weight is 192 g/mol. The van der Waals surface area contributed by atoms with Crippen LogP contribution >= 0.6 is 0 Å². The molecular formula is C12H16O2. The Bertz CT molecular complexity index is 256. The van der Waals surface area contributed by atoms with Crippen molar-refractivity contribution in [3.8, 4) is 5.75 Å². The van der Waals surface area contributed by atoms with Crippen LogP contribution in [0.25, 0.3) is 0 Å². The fourth-order valence-electron chi connectivity index (χ4n) is 1.10. The molecular weight excluding hydrogens is 176 g/mol. The zero-order valence-electron chi connectivity index (χ0n) is 8.48. The number of hydrogen-bond donors (Lipinski definition) is 0. The molecule has 1 rings (SSSR count). The molecule has 2 heteroatoms. The molecule has 1 atom stereocenters. The van der Waals surface area contributed by atoms with Gasteiger partial charge in [-0.2, -0.15) is 0 Å². The van der Waals surface area contributed by atoms with Crippen LogP contribution in [0.4, 0.5) is 0 Å². The van der Waals surface area contributed by atoms with Gasteiger partial charge in [-0.3, -0.25) is 0 Å². The average Bonchev–Trinajstić information content (AvgIpc) is 2.25. The van der Waals surface area contributed by atoms with Crippen LogP contribution in [-0.4, -0.2) is 12.7 Å². The van der Waals surface area contributed by atoms with Gasteiger partial charge in [0.15, 0.2) is 0 Å². The highest BCUT2D eigenvalue weighted by Gasteiger charge is 2.05. The molecule has 0 amide bonds. The molecule has 0 aliphatic rings. The van der Waals surface area contributed by atoms with E-state index in [1.165, 1.54) is 6.26 Å². The maximum atomic E-state index is 5.54. The third-order valence-corrected chi connectivity index (χ3v) is 1.92. The van der Waals surface area contributed by atoms with Crippen molar-refractivity contribution >= 4 is 0 Å². The Kier molecular flexibility index (Phi) is 4.62. The minimum Gasteiger partial charge on any atom is -0.495 e. The second kappa shape index (κ2) is 6.08. The number of para-hydroxylation sites is 1. The molecule has 0 spiro atoms. The second-order valence-electron chi connectivity index (χ2n) is 2.96. The molecule has 0 N–H and O–H groups in total. The summed E-state index contributed by atoms with van der Waals surface area (Å²) < 4.78 is 10.8. The minimum absolute atomic E-state index is 0.0905. The molecule has 0 bridgehead atoms. The van der Waals surface area contributed by atoms with Crippen LogP contribution in [0.2, 0.25) is 0 Å². The Balaban J connectivity index is 2.35. The summed E-state index contributed by atoms with van der Waals surface area (Å²) in [5.41, 5.74) is 0. The number of hydrogen-bond acceptors (Lipinski definition) is 2. The molecule has 0 fully saturated rings. The van der Waals surface area contributed by atoms with E-state index in [-0.39, 0.29) is 6.10 Å². The molecule has 14 heavy (non-hydrogen) atoms. The topological polar surface area (TPSA) is 18.5 Å². The number of benzene rings is 1. The van der Waals surface area contributed by atoms with E-state index in [4.69, 9.17) is 9.47 Å². The largest absolute Gasteiger partial charge is 0.495 e. The molecule has 76 valence electrons. The van der Waals surface area contributed by atoms with Crippen LogP contribution in [0.1, 0.15) is 13.3 Å². The second-order valence-corrected chi connectivity index (χ2v) is 2.96. The molecule has 1 aromatic carbocycles. The van der Waals surface area contributed by atoms with Crippen LogP contribution in [0, 0.1) is 0 Å². The lowest BCUT2D eigenvalue weighted by Crippen LogP contribution is -2.18. The first-order valence-electron chi connectivity index (χ1n) is 4.81. The van der Waals surface area contributed by atoms with Gasteiger partial charge in [-0.1, -0.05) is 31.7 Å². The van der Waals surface area contributed by atoms with Gasteiger partial charge in [-0.25, -0.2) is 0 Å². The molecule has 2 nitrogen and oxygen atoms in total. The van der Waals surface area contributed by atoms with Gasteiger partial charge in [-0.15, -0.1) is 0 Å². The van der Waals surface area contributed by atoms with Gasteiger partial charge in [0, 0.05) is 0 Å². The molecule has 0 aliphatic heterocycles. The van der Waals surface area contributed by atoms with Gasteiger partial charge in [0.2, 0.25) is 0 Å². The fraction of sp³-hybridized carbons (Fsp3) is 0.333. The summed E-state index contributed by atoms with van der Waals surface area (Å²) in [6.45, 7) is 6.15. The summed E-state index contributed by atoms with van der Waals surface area (Å²) in [6, 6.07) is 9.72. The van der Waals surface area contributed by atoms with Crippen molar-refractivity contribution in [2.75, 3.05) is 6.61 Å². The predicted molar refractivity (Wildman–Crippen MR) is 57.3 cm³/mol. The van der Waals surface area contributed by atoms with Crippen LogP contribution in [0.15, 0.2) is 43.2 Å². The van der Waals surface area contributed by atoms with Crippen molar-refractivity contribution in [1.82, 2.24) is 0 Å². The lowest BCUT2D eigenvalue weighted by Gasteiger charge is -2.15. The third kappa shape index (κ3) is 3.52. The van der Waals surface area contributed by atoms with Crippen LogP contribution < -0.4 is 4.74 Å². The standard InChI is InChI=1S/C12H16O2/c1-3-11(13-4-2)10-14-12-8-6-5-7-9-12/h4-9,11H,2-3,10H2,1H3. The highest BCUT2D eigenvalue weighted by atomic mass is 16.5. The summed E-state index contributed by atoms with van der Waals surface area (Å²) >= 11 is 0. The van der Waals surface area contributed by atoms with Gasteiger partial charge in [0.25, 0.3) is 0 Å². The smallest absolute Gasteiger partial charge is 0.131 e. The van der Waals surface area contributed by atoms with Gasteiger partial charge >= 0.3 is 0 Å². The molecule has 1 aromatic rings. The quantitative estimate of drug-likeness (QED) is 0.645. The zero-order valence-corrected chi connectivity index (χ0v) is 8.48. The summed E-state index contributed by atoms with van der Waals surface area (Å²) in [7, 11) is 0. The van der Waals surface area contributed by atoms with E-state index in [9.17, 15) is 0 Å². The molecule has 0 saturated carbocycles. The van der Waals surface area contributed by atoms with Crippen molar-refractivity contribution in [3.05, 3.63) is 43.2 Å². The van der Waals surface area contributed by atoms with E-state index in [0.717, 1.165) is 12.2 Å². The summed E-state index contributed by atoms with van der Waals surface area (Å²) in [5, 5.41) is 0. The van der Waals surface area contributed by atoms with Crippen molar-refractivity contribution < 1.29 is 9.47 Å². The number of rotatable bonds is 6. The van der Waals surface area contributed by atoms with E-state index >= 15 is 0 Å². The zero-order chi connectivity index (χ0) is 10.2. The molecule has 0 aromatic heterocycles. The summed E-state index contributed by atoms with van der Waals surface area (Å²) in [5.74, 6) is 0.874. The Hall–Kier alpha value is -1.44. The van der Waals surface area contributed by atoms with Gasteiger partial charge in [0.1, 0.15) is 18.5 Å². The molecule has 0 saturated heterocycles. The van der Waals surface area contributed by atoms with Gasteiger partial charge in [0.05, 0.1) is 6.26 Å². The monoisotopic (exact) mass is 192 g/mol. The van der Waals surface area contributed by atoms with Crippen molar-refractivity contribution in [1.29, 1.82) is 0 Å². The highest BCUT2D eigenvalue weighted by Crippen LogP contribution is 2.10. The number of ether oxygens (including phenoxy) is 2. The third-order valence-electron chi connectivity index (χ3n) is 1.92. The van der Waals surface area contributed by atoms with E-state index < -0.39 is 0 Å². The first-order chi connectivity index (χ1) is 6.86. The fourth-order valence-corrected chi connectivity index (χ4v) is 1.10. The van der Waals surface area contributed by atoms with E-state index in [0.29, 0.717) is 6.61 Å². The van der Waals surface area contributed by atoms with Gasteiger partial charge in [-0.05, 0) is 18.6 Å². The van der Waals surface area contributed by atoms with Crippen LogP contribution in [-0.2, 0) is 4.74 Å². The Morgan fingerprint density at radius 1 is 1.36 bits per heavy atom. The van der Waals surface area contributed by atoms with E-state index in [2.05, 4.69) is 13.5 Å². The predicted octanol–water partition coefficient (Wildman–Crippen LogP) is 3.00. The van der Waals surface area contributed by atoms with Gasteiger partial charge < -0.3 is 9.47 Å². The lowest BCUT2D eigenvalue weighted by molar-refractivity contribution is 0.0860. The lowest BCUT2D eigenvalue weighted by atomic mass is 10.3. The van der Waals surface area contributed by atoms with Crippen LogP contribution in [0.5, 0.6) is 5.75 Å². The Morgan fingerprint density at radius 2 is 2.07 bits per heavy atom. The molecule has 0 heterocycles. The normalized spacial score (nSPS) is 11.8. The summed E-state index contributed by atoms with van der Waals surface area (Å²) in [6.07, 6.45) is 2.47. The maximum Gasteiger partial charge on any atom is 0.131 e. The van der Waals surface area contributed by atoms with Crippen molar-refractivity contribution in [3.63, 3.8) is 0 Å². The van der Waals surface area contributed by atoms with Crippen molar-refractivity contribution in [2.24, 2.45) is 0 Å².